The number of aliphatic hydroxyl groups excluding tert-OH is 1. The maximum atomic E-state index is 12.3. The molecule has 61 heavy (non-hydrogen) atoms. The molecule has 0 bridgehead atoms. The van der Waals surface area contributed by atoms with Gasteiger partial charge in [-0.15, -0.1) is 0 Å². The predicted octanol–water partition coefficient (Wildman–Crippen LogP) is 17.9. The third-order valence-electron chi connectivity index (χ3n) is 12.2. The van der Waals surface area contributed by atoms with Crippen LogP contribution >= 0.6 is 0 Å². The number of unbranched alkanes of at least 4 members (excludes halogenated alkanes) is 36. The number of hydrogen-bond acceptors (Lipinski definition) is 5. The molecule has 0 aliphatic rings. The number of hydrogen-bond donors (Lipinski definition) is 1. The molecule has 0 aromatic rings. The predicted molar refractivity (Wildman–Crippen MR) is 265 cm³/mol. The molecule has 358 valence electrons. The summed E-state index contributed by atoms with van der Waals surface area (Å²) < 4.78 is 10.7. The fourth-order valence-electron chi connectivity index (χ4n) is 8.09. The van der Waals surface area contributed by atoms with Crippen LogP contribution in [0.15, 0.2) is 36.5 Å². The van der Waals surface area contributed by atoms with Gasteiger partial charge < -0.3 is 14.6 Å². The first-order valence-electron chi connectivity index (χ1n) is 27.0. The van der Waals surface area contributed by atoms with Gasteiger partial charge in [-0.3, -0.25) is 9.59 Å². The zero-order valence-corrected chi connectivity index (χ0v) is 40.9. The zero-order valence-electron chi connectivity index (χ0n) is 40.9. The van der Waals surface area contributed by atoms with Crippen molar-refractivity contribution in [3.05, 3.63) is 36.5 Å². The van der Waals surface area contributed by atoms with Gasteiger partial charge in [0.05, 0.1) is 6.61 Å². The maximum Gasteiger partial charge on any atom is 0.306 e. The van der Waals surface area contributed by atoms with E-state index in [4.69, 9.17) is 9.47 Å². The smallest absolute Gasteiger partial charge is 0.306 e. The Balaban J connectivity index is 3.42. The molecule has 1 atom stereocenters. The molecule has 0 amide bonds. The number of aliphatic hydroxyl groups is 1. The van der Waals surface area contributed by atoms with Crippen molar-refractivity contribution in [3.8, 4) is 0 Å². The second-order valence-electron chi connectivity index (χ2n) is 18.3. The Hall–Kier alpha value is -1.88. The van der Waals surface area contributed by atoms with E-state index < -0.39 is 6.10 Å². The molecule has 0 aliphatic heterocycles. The van der Waals surface area contributed by atoms with Gasteiger partial charge in [0.25, 0.3) is 0 Å². The standard InChI is InChI=1S/C56H104O5/c1-3-5-7-9-11-13-15-17-19-20-21-22-23-24-25-26-27-28-29-30-31-32-33-34-35-36-37-39-41-43-45-47-49-51-56(59)61-54(52-57)53-60-55(58)50-48-46-44-42-40-38-18-16-14-12-10-8-6-4-2/h15,17,20-21,23-24,54,57H,3-14,16,18-19,22,25-53H2,1-2H3/b17-15-,21-20-,24-23-. The van der Waals surface area contributed by atoms with Crippen molar-refractivity contribution in [2.24, 2.45) is 0 Å². The molecule has 0 aromatic carbocycles. The Kier molecular flexibility index (Phi) is 50.8. The molecule has 0 aliphatic carbocycles. The van der Waals surface area contributed by atoms with E-state index in [1.807, 2.05) is 0 Å². The van der Waals surface area contributed by atoms with Crippen LogP contribution in [0.3, 0.4) is 0 Å². The van der Waals surface area contributed by atoms with Crippen molar-refractivity contribution in [1.82, 2.24) is 0 Å². The molecule has 5 heteroatoms. The molecule has 1 unspecified atom stereocenters. The Morgan fingerprint density at radius 2 is 0.656 bits per heavy atom. The summed E-state index contributed by atoms with van der Waals surface area (Å²) in [5.74, 6) is -0.575. The molecule has 0 radical (unpaired) electrons. The highest BCUT2D eigenvalue weighted by molar-refractivity contribution is 5.70. The van der Waals surface area contributed by atoms with Crippen molar-refractivity contribution < 1.29 is 24.2 Å². The van der Waals surface area contributed by atoms with Crippen LogP contribution in [0, 0.1) is 0 Å². The number of carbonyl (C=O) groups is 2. The topological polar surface area (TPSA) is 72.8 Å². The highest BCUT2D eigenvalue weighted by Crippen LogP contribution is 2.17. The molecule has 0 spiro atoms. The highest BCUT2D eigenvalue weighted by Gasteiger charge is 2.16. The number of rotatable bonds is 50. The van der Waals surface area contributed by atoms with Crippen LogP contribution in [0.2, 0.25) is 0 Å². The van der Waals surface area contributed by atoms with Crippen LogP contribution in [0.5, 0.6) is 0 Å². The molecule has 0 saturated carbocycles. The van der Waals surface area contributed by atoms with Gasteiger partial charge in [-0.25, -0.2) is 0 Å². The monoisotopic (exact) mass is 857 g/mol. The molecule has 0 fully saturated rings. The minimum absolute atomic E-state index is 0.0600. The van der Waals surface area contributed by atoms with Gasteiger partial charge in [0, 0.05) is 12.8 Å². The third kappa shape index (κ3) is 50.6. The summed E-state index contributed by atoms with van der Waals surface area (Å²) in [4.78, 5) is 24.4. The largest absolute Gasteiger partial charge is 0.462 e. The third-order valence-corrected chi connectivity index (χ3v) is 12.2. The van der Waals surface area contributed by atoms with Crippen molar-refractivity contribution in [2.45, 2.75) is 296 Å². The van der Waals surface area contributed by atoms with Gasteiger partial charge in [0.1, 0.15) is 6.61 Å². The first-order valence-corrected chi connectivity index (χ1v) is 27.0. The molecule has 0 rings (SSSR count). The Bertz CT molecular complexity index is 970. The van der Waals surface area contributed by atoms with E-state index in [0.717, 1.165) is 44.9 Å². The molecule has 1 N–H and O–H groups in total. The van der Waals surface area contributed by atoms with Gasteiger partial charge in [0.2, 0.25) is 0 Å². The minimum Gasteiger partial charge on any atom is -0.462 e. The van der Waals surface area contributed by atoms with E-state index in [1.54, 1.807) is 0 Å². The lowest BCUT2D eigenvalue weighted by atomic mass is 10.0. The van der Waals surface area contributed by atoms with Gasteiger partial charge in [-0.2, -0.15) is 0 Å². The molecular weight excluding hydrogens is 753 g/mol. The second kappa shape index (κ2) is 52.5. The van der Waals surface area contributed by atoms with Crippen LogP contribution in [0.4, 0.5) is 0 Å². The lowest BCUT2D eigenvalue weighted by Gasteiger charge is -2.15. The SMILES string of the molecule is CCCCCCC/C=C\C/C=C\C/C=C\CCCCCCCCCCCCCCCCCCCCC(=O)OC(CO)COC(=O)CCCCCCCCCCCCCCCC. The van der Waals surface area contributed by atoms with E-state index in [0.29, 0.717) is 12.8 Å². The highest BCUT2D eigenvalue weighted by atomic mass is 16.6. The summed E-state index contributed by atoms with van der Waals surface area (Å²) in [6.07, 6.45) is 66.9. The maximum absolute atomic E-state index is 12.3. The van der Waals surface area contributed by atoms with Crippen LogP contribution in [0.1, 0.15) is 290 Å². The Labute approximate surface area is 380 Å². The summed E-state index contributed by atoms with van der Waals surface area (Å²) in [5, 5.41) is 9.62. The van der Waals surface area contributed by atoms with Gasteiger partial charge in [-0.05, 0) is 51.4 Å². The van der Waals surface area contributed by atoms with Crippen LogP contribution in [0.25, 0.3) is 0 Å². The van der Waals surface area contributed by atoms with Gasteiger partial charge in [0.15, 0.2) is 6.10 Å². The quantitative estimate of drug-likeness (QED) is 0.0375. The van der Waals surface area contributed by atoms with E-state index >= 15 is 0 Å². The summed E-state index contributed by atoms with van der Waals surface area (Å²) in [6, 6.07) is 0. The number of allylic oxidation sites excluding steroid dienone is 6. The summed E-state index contributed by atoms with van der Waals surface area (Å²) >= 11 is 0. The van der Waals surface area contributed by atoms with Crippen molar-refractivity contribution in [3.63, 3.8) is 0 Å². The van der Waals surface area contributed by atoms with Crippen LogP contribution < -0.4 is 0 Å². The normalized spacial score (nSPS) is 12.4. The molecule has 0 saturated heterocycles. The second-order valence-corrected chi connectivity index (χ2v) is 18.3. The Morgan fingerprint density at radius 3 is 0.984 bits per heavy atom. The van der Waals surface area contributed by atoms with Crippen LogP contribution in [-0.4, -0.2) is 36.4 Å². The summed E-state index contributed by atoms with van der Waals surface area (Å²) in [7, 11) is 0. The number of carbonyl (C=O) groups excluding carboxylic acids is 2. The molecule has 5 nitrogen and oxygen atoms in total. The number of ether oxygens (including phenoxy) is 2. The summed E-state index contributed by atoms with van der Waals surface area (Å²) in [6.45, 7) is 4.16. The average molecular weight is 857 g/mol. The van der Waals surface area contributed by atoms with E-state index in [9.17, 15) is 14.7 Å². The molecular formula is C56H104O5. The first kappa shape index (κ1) is 59.1. The number of esters is 2. The molecule has 0 heterocycles. The van der Waals surface area contributed by atoms with E-state index in [2.05, 4.69) is 50.3 Å². The van der Waals surface area contributed by atoms with E-state index in [1.165, 1.54) is 218 Å². The van der Waals surface area contributed by atoms with Crippen molar-refractivity contribution in [2.75, 3.05) is 13.2 Å². The van der Waals surface area contributed by atoms with Gasteiger partial charge in [-0.1, -0.05) is 262 Å². The average Bonchev–Trinajstić information content (AvgIpc) is 3.26. The first-order chi connectivity index (χ1) is 30.1. The van der Waals surface area contributed by atoms with Gasteiger partial charge >= 0.3 is 11.9 Å². The van der Waals surface area contributed by atoms with E-state index in [-0.39, 0.29) is 25.2 Å². The summed E-state index contributed by atoms with van der Waals surface area (Å²) in [5.41, 5.74) is 0. The minimum atomic E-state index is -0.767. The lowest BCUT2D eigenvalue weighted by Crippen LogP contribution is -2.28. The fourth-order valence-corrected chi connectivity index (χ4v) is 8.09. The fraction of sp³-hybridized carbons (Fsp3) is 0.857. The lowest BCUT2D eigenvalue weighted by molar-refractivity contribution is -0.161. The van der Waals surface area contributed by atoms with Crippen LogP contribution in [-0.2, 0) is 19.1 Å². The molecule has 0 aromatic heterocycles. The zero-order chi connectivity index (χ0) is 44.2. The van der Waals surface area contributed by atoms with Crippen molar-refractivity contribution >= 4 is 11.9 Å². The van der Waals surface area contributed by atoms with Crippen molar-refractivity contribution in [1.29, 1.82) is 0 Å². The Morgan fingerprint density at radius 1 is 0.377 bits per heavy atom.